The zero-order chi connectivity index (χ0) is 20.7. The lowest BCUT2D eigenvalue weighted by atomic mass is 9.76. The molecule has 1 aliphatic carbocycles. The summed E-state index contributed by atoms with van der Waals surface area (Å²) in [5.74, 6) is 0.0988. The van der Waals surface area contributed by atoms with Crippen molar-refractivity contribution in [1.82, 2.24) is 0 Å². The summed E-state index contributed by atoms with van der Waals surface area (Å²) in [6, 6.07) is 7.74. The molecular formula is C21H20N2O6. The zero-order valence-corrected chi connectivity index (χ0v) is 15.9. The summed E-state index contributed by atoms with van der Waals surface area (Å²) in [5.41, 5.74) is 1.75. The summed E-state index contributed by atoms with van der Waals surface area (Å²) in [6.07, 6.45) is 4.72. The molecule has 2 aliphatic rings. The number of phenolic OH excluding ortho intramolecular Hbond substituents is 1. The number of nitrogens with one attached hydrogen (secondary N) is 1. The van der Waals surface area contributed by atoms with E-state index in [-0.39, 0.29) is 29.3 Å². The standard InChI is InChI=1S/C21H20N2O6/c1-11(24)29-17-9-6-12(10-18(17)28-2)20-14-5-3-4-13(14)19-15(23(26)27)7-8-16(25)21(19)22-20/h3-4,6-10,13-14,20,22,25H,5H2,1-2H3. The van der Waals surface area contributed by atoms with Crippen molar-refractivity contribution in [3.8, 4) is 17.2 Å². The average molecular weight is 396 g/mol. The summed E-state index contributed by atoms with van der Waals surface area (Å²) < 4.78 is 10.5. The molecule has 0 aromatic heterocycles. The Bertz CT molecular complexity index is 1030. The van der Waals surface area contributed by atoms with E-state index >= 15 is 0 Å². The number of benzene rings is 2. The molecule has 1 heterocycles. The first-order chi connectivity index (χ1) is 13.9. The molecule has 29 heavy (non-hydrogen) atoms. The molecule has 0 saturated carbocycles. The Morgan fingerprint density at radius 3 is 2.76 bits per heavy atom. The van der Waals surface area contributed by atoms with Crippen molar-refractivity contribution in [3.05, 3.63) is 63.7 Å². The van der Waals surface area contributed by atoms with Gasteiger partial charge in [0.25, 0.3) is 5.69 Å². The lowest BCUT2D eigenvalue weighted by Crippen LogP contribution is -2.29. The number of anilines is 1. The van der Waals surface area contributed by atoms with Crippen LogP contribution in [0.1, 0.15) is 36.4 Å². The molecule has 0 bridgehead atoms. The number of carbonyl (C=O) groups is 1. The summed E-state index contributed by atoms with van der Waals surface area (Å²) >= 11 is 0. The molecular weight excluding hydrogens is 376 g/mol. The Labute approximate surface area is 166 Å². The molecule has 150 valence electrons. The van der Waals surface area contributed by atoms with Crippen molar-refractivity contribution in [2.75, 3.05) is 12.4 Å². The summed E-state index contributed by atoms with van der Waals surface area (Å²) in [6.45, 7) is 1.32. The van der Waals surface area contributed by atoms with Crippen LogP contribution in [-0.4, -0.2) is 23.1 Å². The third-order valence-electron chi connectivity index (χ3n) is 5.47. The number of hydrogen-bond acceptors (Lipinski definition) is 7. The number of aromatic hydroxyl groups is 1. The van der Waals surface area contributed by atoms with Crippen molar-refractivity contribution in [2.45, 2.75) is 25.3 Å². The van der Waals surface area contributed by atoms with E-state index in [1.807, 2.05) is 18.2 Å². The predicted molar refractivity (Wildman–Crippen MR) is 105 cm³/mol. The molecule has 0 saturated heterocycles. The van der Waals surface area contributed by atoms with Crippen molar-refractivity contribution in [3.63, 3.8) is 0 Å². The number of phenols is 1. The van der Waals surface area contributed by atoms with Crippen LogP contribution in [0, 0.1) is 16.0 Å². The van der Waals surface area contributed by atoms with Crippen LogP contribution in [0.25, 0.3) is 0 Å². The van der Waals surface area contributed by atoms with Crippen LogP contribution in [0.5, 0.6) is 17.2 Å². The van der Waals surface area contributed by atoms with Gasteiger partial charge in [-0.1, -0.05) is 18.2 Å². The number of rotatable bonds is 4. The number of fused-ring (bicyclic) bond motifs is 3. The fraction of sp³-hybridized carbons (Fsp3) is 0.286. The SMILES string of the molecule is COc1cc(C2Nc3c(O)ccc([N+](=O)[O-])c3C3C=CCC32)ccc1OC(C)=O. The van der Waals surface area contributed by atoms with E-state index in [1.54, 1.807) is 12.1 Å². The highest BCUT2D eigenvalue weighted by molar-refractivity contribution is 5.74. The first-order valence-electron chi connectivity index (χ1n) is 9.20. The number of esters is 1. The third-order valence-corrected chi connectivity index (χ3v) is 5.47. The summed E-state index contributed by atoms with van der Waals surface area (Å²) in [5, 5.41) is 25.2. The highest BCUT2D eigenvalue weighted by atomic mass is 16.6. The topological polar surface area (TPSA) is 111 Å². The lowest BCUT2D eigenvalue weighted by molar-refractivity contribution is -0.385. The molecule has 2 N–H and O–H groups in total. The molecule has 3 atom stereocenters. The minimum atomic E-state index is -0.446. The first-order valence-corrected chi connectivity index (χ1v) is 9.20. The fourth-order valence-electron chi connectivity index (χ4n) is 4.28. The number of methoxy groups -OCH3 is 1. The predicted octanol–water partition coefficient (Wildman–Crippen LogP) is 4.06. The van der Waals surface area contributed by atoms with E-state index in [0.717, 1.165) is 12.0 Å². The van der Waals surface area contributed by atoms with Gasteiger partial charge in [-0.25, -0.2) is 0 Å². The fourth-order valence-corrected chi connectivity index (χ4v) is 4.28. The van der Waals surface area contributed by atoms with E-state index < -0.39 is 10.9 Å². The van der Waals surface area contributed by atoms with Gasteiger partial charge in [-0.2, -0.15) is 0 Å². The highest BCUT2D eigenvalue weighted by Gasteiger charge is 2.42. The van der Waals surface area contributed by atoms with Crippen LogP contribution in [0.2, 0.25) is 0 Å². The third kappa shape index (κ3) is 3.16. The second-order valence-electron chi connectivity index (χ2n) is 7.13. The number of nitro groups is 1. The molecule has 0 amide bonds. The Balaban J connectivity index is 1.79. The van der Waals surface area contributed by atoms with Crippen LogP contribution in [0.4, 0.5) is 11.4 Å². The van der Waals surface area contributed by atoms with E-state index in [4.69, 9.17) is 9.47 Å². The minimum absolute atomic E-state index is 0.00640. The second-order valence-corrected chi connectivity index (χ2v) is 7.13. The smallest absolute Gasteiger partial charge is 0.308 e. The monoisotopic (exact) mass is 396 g/mol. The lowest BCUT2D eigenvalue weighted by Gasteiger charge is -2.37. The zero-order valence-electron chi connectivity index (χ0n) is 15.9. The van der Waals surface area contributed by atoms with Gasteiger partial charge in [0.2, 0.25) is 0 Å². The number of ether oxygens (including phenoxy) is 2. The molecule has 8 nitrogen and oxygen atoms in total. The normalized spacial score (nSPS) is 21.7. The molecule has 0 radical (unpaired) electrons. The van der Waals surface area contributed by atoms with Gasteiger partial charge in [-0.3, -0.25) is 14.9 Å². The van der Waals surface area contributed by atoms with E-state index in [0.29, 0.717) is 22.7 Å². The number of nitrogens with zero attached hydrogens (tertiary/aromatic N) is 1. The Hall–Kier alpha value is -3.55. The van der Waals surface area contributed by atoms with Gasteiger partial charge in [-0.15, -0.1) is 0 Å². The van der Waals surface area contributed by atoms with Crippen molar-refractivity contribution < 1.29 is 24.3 Å². The van der Waals surface area contributed by atoms with Crippen LogP contribution < -0.4 is 14.8 Å². The molecule has 3 unspecified atom stereocenters. The van der Waals surface area contributed by atoms with Crippen LogP contribution >= 0.6 is 0 Å². The molecule has 1 aliphatic heterocycles. The van der Waals surface area contributed by atoms with Crippen LogP contribution in [-0.2, 0) is 4.79 Å². The van der Waals surface area contributed by atoms with Crippen molar-refractivity contribution >= 4 is 17.3 Å². The second kappa shape index (κ2) is 7.12. The Morgan fingerprint density at radius 1 is 1.28 bits per heavy atom. The van der Waals surface area contributed by atoms with Gasteiger partial charge < -0.3 is 19.9 Å². The number of nitro benzene ring substituents is 1. The van der Waals surface area contributed by atoms with Gasteiger partial charge in [0.1, 0.15) is 5.75 Å². The molecule has 0 fully saturated rings. The van der Waals surface area contributed by atoms with Crippen molar-refractivity contribution in [1.29, 1.82) is 0 Å². The number of carbonyl (C=O) groups excluding carboxylic acids is 1. The van der Waals surface area contributed by atoms with Crippen LogP contribution in [0.3, 0.4) is 0 Å². The maximum atomic E-state index is 11.5. The maximum absolute atomic E-state index is 11.5. The van der Waals surface area contributed by atoms with Gasteiger partial charge >= 0.3 is 5.97 Å². The molecule has 2 aromatic rings. The van der Waals surface area contributed by atoms with Gasteiger partial charge in [0.15, 0.2) is 11.5 Å². The number of allylic oxidation sites excluding steroid dienone is 2. The van der Waals surface area contributed by atoms with E-state index in [1.165, 1.54) is 26.2 Å². The van der Waals surface area contributed by atoms with Gasteiger partial charge in [-0.05, 0) is 36.1 Å². The maximum Gasteiger partial charge on any atom is 0.308 e. The minimum Gasteiger partial charge on any atom is -0.506 e. The number of hydrogen-bond donors (Lipinski definition) is 2. The van der Waals surface area contributed by atoms with Gasteiger partial charge in [0, 0.05) is 18.9 Å². The molecule has 4 rings (SSSR count). The first kappa shape index (κ1) is 18.8. The quantitative estimate of drug-likeness (QED) is 0.200. The summed E-state index contributed by atoms with van der Waals surface area (Å²) in [7, 11) is 1.49. The van der Waals surface area contributed by atoms with Gasteiger partial charge in [0.05, 0.1) is 29.3 Å². The molecule has 0 spiro atoms. The largest absolute Gasteiger partial charge is 0.506 e. The highest BCUT2D eigenvalue weighted by Crippen LogP contribution is 2.55. The average Bonchev–Trinajstić information content (AvgIpc) is 3.17. The molecule has 2 aromatic carbocycles. The Kier molecular flexibility index (Phi) is 4.62. The Morgan fingerprint density at radius 2 is 2.07 bits per heavy atom. The van der Waals surface area contributed by atoms with Crippen LogP contribution in [0.15, 0.2) is 42.5 Å². The molecule has 8 heteroatoms. The van der Waals surface area contributed by atoms with E-state index in [2.05, 4.69) is 5.32 Å². The summed E-state index contributed by atoms with van der Waals surface area (Å²) in [4.78, 5) is 22.4. The van der Waals surface area contributed by atoms with E-state index in [9.17, 15) is 20.0 Å². The van der Waals surface area contributed by atoms with Crippen molar-refractivity contribution in [2.24, 2.45) is 5.92 Å².